The largest absolute Gasteiger partial charge is 0.477 e. The molecule has 7 nitrogen and oxygen atoms in total. The van der Waals surface area contributed by atoms with E-state index < -0.39 is 5.97 Å². The number of thiophene rings is 1. The predicted octanol–water partition coefficient (Wildman–Crippen LogP) is 2.46. The summed E-state index contributed by atoms with van der Waals surface area (Å²) in [6.45, 7) is 5.07. The van der Waals surface area contributed by atoms with Crippen molar-refractivity contribution in [3.63, 3.8) is 0 Å². The highest BCUT2D eigenvalue weighted by molar-refractivity contribution is 7.14. The molecule has 1 saturated heterocycles. The fourth-order valence-corrected chi connectivity index (χ4v) is 4.92. The Morgan fingerprint density at radius 1 is 1.44 bits per heavy atom. The molecule has 2 aromatic rings. The molecule has 1 spiro atoms. The smallest absolute Gasteiger partial charge is 0.345 e. The number of aromatic nitrogens is 2. The Hall–Kier alpha value is -1.77. The van der Waals surface area contributed by atoms with Gasteiger partial charge in [-0.15, -0.1) is 11.3 Å². The number of hydrogen-bond donors (Lipinski definition) is 1. The minimum absolute atomic E-state index is 0.325. The number of carboxylic acids is 1. The van der Waals surface area contributed by atoms with Crippen LogP contribution in [0.5, 0.6) is 0 Å². The number of aryl methyl sites for hydroxylation is 1. The van der Waals surface area contributed by atoms with Crippen LogP contribution in [0.1, 0.15) is 51.6 Å². The number of piperidine rings is 1. The summed E-state index contributed by atoms with van der Waals surface area (Å²) in [6, 6.07) is 1.82. The van der Waals surface area contributed by atoms with Crippen molar-refractivity contribution in [1.82, 2.24) is 15.0 Å². The van der Waals surface area contributed by atoms with Gasteiger partial charge in [-0.3, -0.25) is 4.90 Å². The van der Waals surface area contributed by atoms with Gasteiger partial charge in [-0.25, -0.2) is 4.79 Å². The van der Waals surface area contributed by atoms with Gasteiger partial charge in [-0.05, 0) is 30.9 Å². The zero-order chi connectivity index (χ0) is 17.4. The Balaban J connectivity index is 1.47. The summed E-state index contributed by atoms with van der Waals surface area (Å²) in [5.74, 6) is 0.543. The standard InChI is InChI=1S/C17H21N3O4S/c1-2-14-18-13(19-24-14)10-20-6-4-17(5-7-20)15-11(3-8-23-17)9-12(25-15)16(21)22/h9H,2-8,10H2,1H3,(H,21,22). The Morgan fingerprint density at radius 3 is 2.92 bits per heavy atom. The maximum atomic E-state index is 11.3. The molecule has 1 fully saturated rings. The van der Waals surface area contributed by atoms with E-state index in [1.165, 1.54) is 11.3 Å². The Morgan fingerprint density at radius 2 is 2.24 bits per heavy atom. The summed E-state index contributed by atoms with van der Waals surface area (Å²) in [7, 11) is 0. The van der Waals surface area contributed by atoms with Crippen molar-refractivity contribution in [2.75, 3.05) is 19.7 Å². The molecule has 0 bridgehead atoms. The molecule has 2 aliphatic heterocycles. The molecule has 25 heavy (non-hydrogen) atoms. The van der Waals surface area contributed by atoms with Crippen LogP contribution in [-0.2, 0) is 29.7 Å². The highest BCUT2D eigenvalue weighted by Gasteiger charge is 2.42. The van der Waals surface area contributed by atoms with E-state index in [-0.39, 0.29) is 5.60 Å². The number of carboxylic acid groups (broad SMARTS) is 1. The first-order chi connectivity index (χ1) is 12.1. The van der Waals surface area contributed by atoms with Crippen molar-refractivity contribution in [1.29, 1.82) is 0 Å². The number of ether oxygens (including phenoxy) is 1. The lowest BCUT2D eigenvalue weighted by Gasteiger charge is -2.43. The second-order valence-electron chi connectivity index (χ2n) is 6.60. The molecule has 8 heteroatoms. The predicted molar refractivity (Wildman–Crippen MR) is 90.8 cm³/mol. The zero-order valence-electron chi connectivity index (χ0n) is 14.2. The Bertz CT molecular complexity index is 777. The maximum absolute atomic E-state index is 11.3. The van der Waals surface area contributed by atoms with Crippen LogP contribution in [0.2, 0.25) is 0 Å². The minimum Gasteiger partial charge on any atom is -0.477 e. The number of nitrogens with zero attached hydrogens (tertiary/aromatic N) is 3. The van der Waals surface area contributed by atoms with Gasteiger partial charge in [-0.1, -0.05) is 12.1 Å². The highest BCUT2D eigenvalue weighted by atomic mass is 32.1. The first kappa shape index (κ1) is 16.7. The van der Waals surface area contributed by atoms with Gasteiger partial charge in [0, 0.05) is 24.4 Å². The van der Waals surface area contributed by atoms with Crippen molar-refractivity contribution in [2.45, 2.75) is 44.8 Å². The lowest BCUT2D eigenvalue weighted by Crippen LogP contribution is -2.45. The van der Waals surface area contributed by atoms with E-state index in [0.717, 1.165) is 55.0 Å². The van der Waals surface area contributed by atoms with Crippen LogP contribution >= 0.6 is 11.3 Å². The molecule has 0 unspecified atom stereocenters. The number of carbonyl (C=O) groups is 1. The van der Waals surface area contributed by atoms with Gasteiger partial charge in [0.1, 0.15) is 10.5 Å². The maximum Gasteiger partial charge on any atom is 0.345 e. The first-order valence-corrected chi connectivity index (χ1v) is 9.45. The molecule has 2 aromatic heterocycles. The SMILES string of the molecule is CCc1nc(CN2CCC3(CC2)OCCc2cc(C(=O)O)sc23)no1. The molecule has 2 aliphatic rings. The molecule has 0 radical (unpaired) electrons. The topological polar surface area (TPSA) is 88.7 Å². The quantitative estimate of drug-likeness (QED) is 0.892. The first-order valence-electron chi connectivity index (χ1n) is 8.64. The van der Waals surface area contributed by atoms with Crippen LogP contribution in [-0.4, -0.2) is 45.8 Å². The molecule has 134 valence electrons. The Kier molecular flexibility index (Phi) is 4.35. The zero-order valence-corrected chi connectivity index (χ0v) is 15.0. The summed E-state index contributed by atoms with van der Waals surface area (Å²) in [6.07, 6.45) is 3.26. The number of rotatable bonds is 4. The fraction of sp³-hybridized carbons (Fsp3) is 0.588. The van der Waals surface area contributed by atoms with E-state index in [2.05, 4.69) is 15.0 Å². The summed E-state index contributed by atoms with van der Waals surface area (Å²) >= 11 is 1.38. The van der Waals surface area contributed by atoms with Crippen LogP contribution in [0.15, 0.2) is 10.6 Å². The van der Waals surface area contributed by atoms with Gasteiger partial charge in [0.25, 0.3) is 0 Å². The summed E-state index contributed by atoms with van der Waals surface area (Å²) in [5, 5.41) is 13.3. The van der Waals surface area contributed by atoms with E-state index >= 15 is 0 Å². The van der Waals surface area contributed by atoms with E-state index in [1.54, 1.807) is 0 Å². The van der Waals surface area contributed by atoms with Gasteiger partial charge >= 0.3 is 5.97 Å². The molecule has 0 aliphatic carbocycles. The molecule has 4 rings (SSSR count). The van der Waals surface area contributed by atoms with E-state index in [1.807, 2.05) is 13.0 Å². The number of aromatic carboxylic acids is 1. The van der Waals surface area contributed by atoms with Crippen molar-refractivity contribution in [3.05, 3.63) is 33.1 Å². The molecular weight excluding hydrogens is 342 g/mol. The monoisotopic (exact) mass is 363 g/mol. The summed E-state index contributed by atoms with van der Waals surface area (Å²) in [4.78, 5) is 19.5. The second kappa shape index (κ2) is 6.51. The van der Waals surface area contributed by atoms with Gasteiger partial charge in [-0.2, -0.15) is 4.98 Å². The van der Waals surface area contributed by atoms with Crippen LogP contribution in [0.25, 0.3) is 0 Å². The number of likely N-dealkylation sites (tertiary alicyclic amines) is 1. The lowest BCUT2D eigenvalue weighted by molar-refractivity contribution is -0.0963. The molecule has 0 aromatic carbocycles. The molecular formula is C17H21N3O4S. The minimum atomic E-state index is -0.851. The molecule has 1 N–H and O–H groups in total. The van der Waals surface area contributed by atoms with Gasteiger partial charge in [0.05, 0.1) is 13.2 Å². The van der Waals surface area contributed by atoms with Crippen LogP contribution in [0.4, 0.5) is 0 Å². The number of fused-ring (bicyclic) bond motifs is 2. The average molecular weight is 363 g/mol. The third kappa shape index (κ3) is 3.09. The van der Waals surface area contributed by atoms with E-state index in [0.29, 0.717) is 23.9 Å². The lowest BCUT2D eigenvalue weighted by atomic mass is 9.85. The average Bonchev–Trinajstić information content (AvgIpc) is 3.24. The normalized spacial score (nSPS) is 19.9. The fourth-order valence-electron chi connectivity index (χ4n) is 3.67. The second-order valence-corrected chi connectivity index (χ2v) is 7.65. The van der Waals surface area contributed by atoms with E-state index in [4.69, 9.17) is 9.26 Å². The van der Waals surface area contributed by atoms with Gasteiger partial charge < -0.3 is 14.4 Å². The third-order valence-corrected chi connectivity index (χ3v) is 6.38. The van der Waals surface area contributed by atoms with Gasteiger partial charge in [0.2, 0.25) is 5.89 Å². The summed E-state index contributed by atoms with van der Waals surface area (Å²) in [5.41, 5.74) is 0.821. The third-order valence-electron chi connectivity index (χ3n) is 5.02. The highest BCUT2D eigenvalue weighted by Crippen LogP contribution is 2.45. The van der Waals surface area contributed by atoms with Crippen LogP contribution < -0.4 is 0 Å². The van der Waals surface area contributed by atoms with Crippen LogP contribution in [0.3, 0.4) is 0 Å². The molecule has 4 heterocycles. The van der Waals surface area contributed by atoms with Crippen molar-refractivity contribution in [3.8, 4) is 0 Å². The molecule has 0 atom stereocenters. The number of hydrogen-bond acceptors (Lipinski definition) is 7. The van der Waals surface area contributed by atoms with E-state index in [9.17, 15) is 9.90 Å². The van der Waals surface area contributed by atoms with Crippen LogP contribution in [0, 0.1) is 0 Å². The van der Waals surface area contributed by atoms with Crippen molar-refractivity contribution < 1.29 is 19.2 Å². The van der Waals surface area contributed by atoms with Gasteiger partial charge in [0.15, 0.2) is 5.82 Å². The molecule has 0 amide bonds. The molecule has 0 saturated carbocycles. The summed E-state index contributed by atoms with van der Waals surface area (Å²) < 4.78 is 11.4. The van der Waals surface area contributed by atoms with Crippen molar-refractivity contribution in [2.24, 2.45) is 0 Å². The Labute approximate surface area is 149 Å². The van der Waals surface area contributed by atoms with Crippen molar-refractivity contribution >= 4 is 17.3 Å².